The lowest BCUT2D eigenvalue weighted by atomic mass is 9.88. The molecule has 0 radical (unpaired) electrons. The van der Waals surface area contributed by atoms with E-state index in [1.807, 2.05) is 0 Å². The Hall–Kier alpha value is -0.830. The number of rotatable bonds is 2. The summed E-state index contributed by atoms with van der Waals surface area (Å²) in [5.74, 6) is 1.26. The Labute approximate surface area is 104 Å². The first-order chi connectivity index (χ1) is 8.22. The van der Waals surface area contributed by atoms with Gasteiger partial charge in [0.2, 0.25) is 5.91 Å². The predicted octanol–water partition coefficient (Wildman–Crippen LogP) is 1.93. The zero-order valence-electron chi connectivity index (χ0n) is 10.8. The minimum absolute atomic E-state index is 0.211. The molecule has 1 fully saturated rings. The van der Waals surface area contributed by atoms with Gasteiger partial charge in [-0.2, -0.15) is 0 Å². The molecular weight excluding hydrogens is 212 g/mol. The Morgan fingerprint density at radius 1 is 1.41 bits per heavy atom. The normalized spacial score (nSPS) is 33.8. The molecule has 1 aliphatic heterocycles. The number of likely N-dealkylation sites (tertiary alicyclic amines) is 1. The van der Waals surface area contributed by atoms with Crippen LogP contribution in [0, 0.1) is 11.8 Å². The van der Waals surface area contributed by atoms with Gasteiger partial charge in [-0.3, -0.25) is 4.79 Å². The van der Waals surface area contributed by atoms with Gasteiger partial charge in [0.25, 0.3) is 0 Å². The van der Waals surface area contributed by atoms with E-state index in [2.05, 4.69) is 24.0 Å². The highest BCUT2D eigenvalue weighted by Gasteiger charge is 2.32. The zero-order valence-corrected chi connectivity index (χ0v) is 10.8. The first-order valence-corrected chi connectivity index (χ1v) is 6.88. The van der Waals surface area contributed by atoms with Crippen LogP contribution in [0.2, 0.25) is 0 Å². The topological polar surface area (TPSA) is 46.3 Å². The van der Waals surface area contributed by atoms with Gasteiger partial charge in [-0.1, -0.05) is 19.1 Å². The standard InChI is InChI=1S/C14H24N2O/c1-11-7-8-16(13(9-11)10-15)14(17)12-5-3-2-4-6-12/h2-3,11-13H,4-10,15H2,1H3. The van der Waals surface area contributed by atoms with Crippen LogP contribution in [-0.2, 0) is 4.79 Å². The van der Waals surface area contributed by atoms with E-state index >= 15 is 0 Å². The van der Waals surface area contributed by atoms with Crippen LogP contribution in [0.5, 0.6) is 0 Å². The Balaban J connectivity index is 1.99. The molecule has 1 amide bonds. The van der Waals surface area contributed by atoms with Crippen molar-refractivity contribution in [3.8, 4) is 0 Å². The maximum Gasteiger partial charge on any atom is 0.226 e. The van der Waals surface area contributed by atoms with Gasteiger partial charge in [-0.15, -0.1) is 0 Å². The second kappa shape index (κ2) is 5.67. The van der Waals surface area contributed by atoms with Crippen molar-refractivity contribution in [2.75, 3.05) is 13.1 Å². The summed E-state index contributed by atoms with van der Waals surface area (Å²) in [4.78, 5) is 14.5. The van der Waals surface area contributed by atoms with Crippen molar-refractivity contribution in [3.05, 3.63) is 12.2 Å². The molecule has 1 aliphatic carbocycles. The Kier molecular flexibility index (Phi) is 4.21. The van der Waals surface area contributed by atoms with Gasteiger partial charge in [-0.25, -0.2) is 0 Å². The molecule has 0 aromatic heterocycles. The quantitative estimate of drug-likeness (QED) is 0.745. The molecule has 3 unspecified atom stereocenters. The van der Waals surface area contributed by atoms with Gasteiger partial charge in [0.15, 0.2) is 0 Å². The van der Waals surface area contributed by atoms with E-state index in [4.69, 9.17) is 5.73 Å². The average molecular weight is 236 g/mol. The van der Waals surface area contributed by atoms with Crippen molar-refractivity contribution >= 4 is 5.91 Å². The number of allylic oxidation sites excluding steroid dienone is 2. The molecule has 96 valence electrons. The van der Waals surface area contributed by atoms with Gasteiger partial charge in [0, 0.05) is 25.0 Å². The molecule has 3 atom stereocenters. The molecule has 2 N–H and O–H groups in total. The molecule has 2 aliphatic rings. The van der Waals surface area contributed by atoms with Crippen LogP contribution in [0.4, 0.5) is 0 Å². The smallest absolute Gasteiger partial charge is 0.226 e. The fraction of sp³-hybridized carbons (Fsp3) is 0.786. The van der Waals surface area contributed by atoms with Crippen LogP contribution in [0.3, 0.4) is 0 Å². The Morgan fingerprint density at radius 3 is 2.88 bits per heavy atom. The maximum absolute atomic E-state index is 12.5. The van der Waals surface area contributed by atoms with E-state index in [-0.39, 0.29) is 12.0 Å². The average Bonchev–Trinajstić information content (AvgIpc) is 2.39. The summed E-state index contributed by atoms with van der Waals surface area (Å²) in [6, 6.07) is 0.275. The van der Waals surface area contributed by atoms with Gasteiger partial charge < -0.3 is 10.6 Å². The van der Waals surface area contributed by atoms with E-state index in [0.29, 0.717) is 18.4 Å². The van der Waals surface area contributed by atoms with Crippen LogP contribution in [0.1, 0.15) is 39.0 Å². The molecular formula is C14H24N2O. The Bertz CT molecular complexity index is 301. The SMILES string of the molecule is CC1CCN(C(=O)C2CC=CCC2)C(CN)C1. The first kappa shape index (κ1) is 12.6. The fourth-order valence-corrected chi connectivity index (χ4v) is 3.02. The van der Waals surface area contributed by atoms with Crippen LogP contribution in [0.15, 0.2) is 12.2 Å². The van der Waals surface area contributed by atoms with E-state index in [9.17, 15) is 4.79 Å². The number of piperidine rings is 1. The second-order valence-electron chi connectivity index (χ2n) is 5.53. The largest absolute Gasteiger partial charge is 0.338 e. The number of amides is 1. The van der Waals surface area contributed by atoms with E-state index in [1.165, 1.54) is 0 Å². The molecule has 3 heteroatoms. The van der Waals surface area contributed by atoms with Crippen LogP contribution >= 0.6 is 0 Å². The molecule has 2 rings (SSSR count). The van der Waals surface area contributed by atoms with Crippen molar-refractivity contribution in [2.24, 2.45) is 17.6 Å². The molecule has 0 aromatic rings. The van der Waals surface area contributed by atoms with Crippen LogP contribution < -0.4 is 5.73 Å². The highest BCUT2D eigenvalue weighted by atomic mass is 16.2. The summed E-state index contributed by atoms with van der Waals surface area (Å²) >= 11 is 0. The third-order valence-corrected chi connectivity index (χ3v) is 4.15. The Morgan fingerprint density at radius 2 is 2.24 bits per heavy atom. The van der Waals surface area contributed by atoms with Crippen molar-refractivity contribution in [2.45, 2.75) is 45.1 Å². The predicted molar refractivity (Wildman–Crippen MR) is 69.4 cm³/mol. The number of nitrogens with two attached hydrogens (primary N) is 1. The summed E-state index contributed by atoms with van der Waals surface area (Å²) in [6.07, 6.45) is 9.52. The molecule has 0 spiro atoms. The summed E-state index contributed by atoms with van der Waals surface area (Å²) in [5.41, 5.74) is 5.82. The number of hydrogen-bond acceptors (Lipinski definition) is 2. The minimum Gasteiger partial charge on any atom is -0.338 e. The molecule has 0 bridgehead atoms. The van der Waals surface area contributed by atoms with Gasteiger partial charge in [0.05, 0.1) is 0 Å². The van der Waals surface area contributed by atoms with E-state index in [1.54, 1.807) is 0 Å². The first-order valence-electron chi connectivity index (χ1n) is 6.88. The van der Waals surface area contributed by atoms with Crippen LogP contribution in [-0.4, -0.2) is 29.9 Å². The molecule has 3 nitrogen and oxygen atoms in total. The molecule has 1 heterocycles. The molecule has 0 saturated carbocycles. The third-order valence-electron chi connectivity index (χ3n) is 4.15. The highest BCUT2D eigenvalue weighted by Crippen LogP contribution is 2.27. The van der Waals surface area contributed by atoms with Crippen molar-refractivity contribution in [1.29, 1.82) is 0 Å². The van der Waals surface area contributed by atoms with E-state index in [0.717, 1.165) is 38.6 Å². The minimum atomic E-state index is 0.211. The number of carbonyl (C=O) groups is 1. The molecule has 1 saturated heterocycles. The zero-order chi connectivity index (χ0) is 12.3. The van der Waals surface area contributed by atoms with Crippen LogP contribution in [0.25, 0.3) is 0 Å². The van der Waals surface area contributed by atoms with Gasteiger partial charge in [0.1, 0.15) is 0 Å². The van der Waals surface area contributed by atoms with Crippen molar-refractivity contribution < 1.29 is 4.79 Å². The summed E-state index contributed by atoms with van der Waals surface area (Å²) in [5, 5.41) is 0. The van der Waals surface area contributed by atoms with Gasteiger partial charge >= 0.3 is 0 Å². The maximum atomic E-state index is 12.5. The number of carbonyl (C=O) groups excluding carboxylic acids is 1. The monoisotopic (exact) mass is 236 g/mol. The molecule has 17 heavy (non-hydrogen) atoms. The van der Waals surface area contributed by atoms with Crippen molar-refractivity contribution in [1.82, 2.24) is 4.90 Å². The lowest BCUT2D eigenvalue weighted by Gasteiger charge is -2.40. The third kappa shape index (κ3) is 2.89. The summed E-state index contributed by atoms with van der Waals surface area (Å²) in [6.45, 7) is 3.77. The summed E-state index contributed by atoms with van der Waals surface area (Å²) < 4.78 is 0. The number of hydrogen-bond donors (Lipinski definition) is 1. The fourth-order valence-electron chi connectivity index (χ4n) is 3.02. The van der Waals surface area contributed by atoms with E-state index < -0.39 is 0 Å². The molecule has 0 aromatic carbocycles. The highest BCUT2D eigenvalue weighted by molar-refractivity contribution is 5.79. The number of nitrogens with zero attached hydrogens (tertiary/aromatic N) is 1. The second-order valence-corrected chi connectivity index (χ2v) is 5.53. The van der Waals surface area contributed by atoms with Gasteiger partial charge in [-0.05, 0) is 38.0 Å². The summed E-state index contributed by atoms with van der Waals surface area (Å²) in [7, 11) is 0. The van der Waals surface area contributed by atoms with Crippen molar-refractivity contribution in [3.63, 3.8) is 0 Å². The lowest BCUT2D eigenvalue weighted by Crippen LogP contribution is -2.51. The lowest BCUT2D eigenvalue weighted by molar-refractivity contribution is -0.140.